The van der Waals surface area contributed by atoms with Crippen molar-refractivity contribution in [3.05, 3.63) is 97.8 Å². The van der Waals surface area contributed by atoms with E-state index in [0.717, 1.165) is 13.1 Å². The maximum absolute atomic E-state index is 2.31. The van der Waals surface area contributed by atoms with Gasteiger partial charge in [-0.05, 0) is 30.7 Å². The molecule has 4 heterocycles. The Balaban J connectivity index is 1.30. The lowest BCUT2D eigenvalue weighted by atomic mass is 10.1. The van der Waals surface area contributed by atoms with E-state index in [1.807, 2.05) is 0 Å². The van der Waals surface area contributed by atoms with Crippen molar-refractivity contribution >= 4 is 0 Å². The topological polar surface area (TPSA) is 15.5 Å². The van der Waals surface area contributed by atoms with Crippen LogP contribution in [0, 0.1) is 0 Å². The molecule has 156 valence electrons. The molecule has 0 fully saturated rings. The normalized spacial score (nSPS) is 10.9. The Morgan fingerprint density at radius 3 is 1.45 bits per heavy atom. The summed E-state index contributed by atoms with van der Waals surface area (Å²) in [6.45, 7) is 2.10. The van der Waals surface area contributed by atoms with Crippen LogP contribution in [0.4, 0.5) is 0 Å². The molecule has 0 saturated heterocycles. The summed E-state index contributed by atoms with van der Waals surface area (Å²) in [6.07, 6.45) is 16.6. The van der Waals surface area contributed by atoms with E-state index in [1.165, 1.54) is 41.8 Å². The van der Waals surface area contributed by atoms with Gasteiger partial charge in [-0.1, -0.05) is 0 Å². The van der Waals surface area contributed by atoms with Gasteiger partial charge in [0.15, 0.2) is 37.2 Å². The van der Waals surface area contributed by atoms with Crippen LogP contribution in [0.2, 0.25) is 0 Å². The summed E-state index contributed by atoms with van der Waals surface area (Å²) in [5.41, 5.74) is 4.99. The molecule has 0 radical (unpaired) electrons. The number of rotatable bonds is 8. The van der Waals surface area contributed by atoms with Crippen LogP contribution in [0.15, 0.2) is 97.8 Å². The highest BCUT2D eigenvalue weighted by Gasteiger charge is 2.14. The molecular weight excluding hydrogens is 380 g/mol. The monoisotopic (exact) mass is 412 g/mol. The summed E-state index contributed by atoms with van der Waals surface area (Å²) in [7, 11) is 4.19. The van der Waals surface area contributed by atoms with E-state index < -0.39 is 0 Å². The Morgan fingerprint density at radius 1 is 0.516 bits per heavy atom. The number of unbranched alkanes of at least 4 members (excludes halogenated alkanes) is 2. The maximum atomic E-state index is 2.31. The fourth-order valence-corrected chi connectivity index (χ4v) is 4.04. The summed E-state index contributed by atoms with van der Waals surface area (Å²) in [6, 6.07) is 21.3. The zero-order valence-electron chi connectivity index (χ0n) is 18.6. The summed E-state index contributed by atoms with van der Waals surface area (Å²) in [5.74, 6) is 0. The van der Waals surface area contributed by atoms with Crippen LogP contribution in [0.5, 0.6) is 0 Å². The highest BCUT2D eigenvalue weighted by atomic mass is 15.0. The highest BCUT2D eigenvalue weighted by Crippen LogP contribution is 2.13. The second-order valence-corrected chi connectivity index (χ2v) is 8.12. The van der Waals surface area contributed by atoms with E-state index >= 15 is 0 Å². The standard InChI is InChI=1S/C27H32N4/c1-28-16-8-4-14-26(28)24-12-10-20-30(22-24)18-6-3-7-19-31-21-11-13-25(23-31)27-15-5-9-17-29(27)2/h4-5,8-17,20-23H,3,6-7,18-19H2,1-2H3/q+4. The average molecular weight is 413 g/mol. The molecule has 4 aromatic rings. The molecule has 0 bridgehead atoms. The molecule has 4 heteroatoms. The predicted octanol–water partition coefficient (Wildman–Crippen LogP) is 3.12. The first-order valence-corrected chi connectivity index (χ1v) is 11.1. The Kier molecular flexibility index (Phi) is 6.78. The third-order valence-electron chi connectivity index (χ3n) is 5.75. The number of hydrogen-bond donors (Lipinski definition) is 0. The highest BCUT2D eigenvalue weighted by molar-refractivity contribution is 5.53. The summed E-state index contributed by atoms with van der Waals surface area (Å²) in [5, 5.41) is 0. The Labute approximate surface area is 185 Å². The van der Waals surface area contributed by atoms with Crippen molar-refractivity contribution in [2.45, 2.75) is 32.4 Å². The maximum Gasteiger partial charge on any atom is 0.218 e. The molecule has 0 N–H and O–H groups in total. The largest absolute Gasteiger partial charge is 0.218 e. The number of aromatic nitrogens is 4. The van der Waals surface area contributed by atoms with Crippen molar-refractivity contribution in [3.63, 3.8) is 0 Å². The number of pyridine rings is 4. The molecule has 31 heavy (non-hydrogen) atoms. The molecule has 0 saturated carbocycles. The lowest BCUT2D eigenvalue weighted by molar-refractivity contribution is -0.701. The minimum absolute atomic E-state index is 1.05. The minimum Gasteiger partial charge on any atom is -0.204 e. The van der Waals surface area contributed by atoms with Crippen LogP contribution in [0.25, 0.3) is 22.5 Å². The Hall–Kier alpha value is -3.40. The predicted molar refractivity (Wildman–Crippen MR) is 120 cm³/mol. The molecule has 0 amide bonds. The van der Waals surface area contributed by atoms with Crippen LogP contribution in [-0.2, 0) is 27.2 Å². The summed E-state index contributed by atoms with van der Waals surface area (Å²) < 4.78 is 8.96. The van der Waals surface area contributed by atoms with E-state index in [-0.39, 0.29) is 0 Å². The lowest BCUT2D eigenvalue weighted by Gasteiger charge is -2.02. The fourth-order valence-electron chi connectivity index (χ4n) is 4.04. The molecule has 4 rings (SSSR count). The Bertz CT molecular complexity index is 1060. The average Bonchev–Trinajstić information content (AvgIpc) is 2.80. The van der Waals surface area contributed by atoms with E-state index in [0.29, 0.717) is 0 Å². The quantitative estimate of drug-likeness (QED) is 0.312. The zero-order chi connectivity index (χ0) is 21.5. The van der Waals surface area contributed by atoms with Gasteiger partial charge in [0, 0.05) is 49.2 Å². The third-order valence-corrected chi connectivity index (χ3v) is 5.75. The van der Waals surface area contributed by atoms with Crippen LogP contribution in [0.3, 0.4) is 0 Å². The number of hydrogen-bond acceptors (Lipinski definition) is 0. The second-order valence-electron chi connectivity index (χ2n) is 8.12. The molecular formula is C27H32N4+4. The van der Waals surface area contributed by atoms with Crippen LogP contribution < -0.4 is 18.3 Å². The lowest BCUT2D eigenvalue weighted by Crippen LogP contribution is -2.36. The molecule has 0 atom stereocenters. The smallest absolute Gasteiger partial charge is 0.204 e. The second kappa shape index (κ2) is 10.1. The van der Waals surface area contributed by atoms with Crippen molar-refractivity contribution in [2.24, 2.45) is 14.1 Å². The van der Waals surface area contributed by atoms with Gasteiger partial charge >= 0.3 is 0 Å². The molecule has 0 aliphatic carbocycles. The first-order chi connectivity index (χ1) is 15.2. The van der Waals surface area contributed by atoms with Crippen molar-refractivity contribution < 1.29 is 18.3 Å². The van der Waals surface area contributed by atoms with E-state index in [9.17, 15) is 0 Å². The molecule has 0 aliphatic heterocycles. The van der Waals surface area contributed by atoms with Crippen LogP contribution >= 0.6 is 0 Å². The van der Waals surface area contributed by atoms with Gasteiger partial charge in [-0.2, -0.15) is 0 Å². The first kappa shape index (κ1) is 20.9. The van der Waals surface area contributed by atoms with Gasteiger partial charge in [-0.15, -0.1) is 0 Å². The van der Waals surface area contributed by atoms with Crippen molar-refractivity contribution in [3.8, 4) is 22.5 Å². The minimum atomic E-state index is 1.05. The zero-order valence-corrected chi connectivity index (χ0v) is 18.6. The summed E-state index contributed by atoms with van der Waals surface area (Å²) in [4.78, 5) is 0. The van der Waals surface area contributed by atoms with Gasteiger partial charge in [0.1, 0.15) is 38.3 Å². The molecule has 0 unspecified atom stereocenters. The van der Waals surface area contributed by atoms with Crippen molar-refractivity contribution in [1.29, 1.82) is 0 Å². The van der Waals surface area contributed by atoms with E-state index in [2.05, 4.69) is 130 Å². The van der Waals surface area contributed by atoms with Crippen LogP contribution in [-0.4, -0.2) is 0 Å². The number of aryl methyl sites for hydroxylation is 4. The van der Waals surface area contributed by atoms with E-state index in [1.54, 1.807) is 0 Å². The van der Waals surface area contributed by atoms with Gasteiger partial charge < -0.3 is 0 Å². The molecule has 4 nitrogen and oxygen atoms in total. The first-order valence-electron chi connectivity index (χ1n) is 11.1. The fraction of sp³-hybridized carbons (Fsp3) is 0.259. The molecule has 4 aromatic heterocycles. The van der Waals surface area contributed by atoms with Crippen LogP contribution in [0.1, 0.15) is 19.3 Å². The van der Waals surface area contributed by atoms with Gasteiger partial charge in [0.25, 0.3) is 0 Å². The van der Waals surface area contributed by atoms with Gasteiger partial charge in [0.05, 0.1) is 0 Å². The SMILES string of the molecule is C[n+]1ccccc1-c1ccc[n+](CCCCC[n+]2cccc(-c3cccc[n+]3C)c2)c1. The Morgan fingerprint density at radius 2 is 1.00 bits per heavy atom. The molecule has 0 spiro atoms. The van der Waals surface area contributed by atoms with Gasteiger partial charge in [-0.3, -0.25) is 0 Å². The van der Waals surface area contributed by atoms with E-state index in [4.69, 9.17) is 0 Å². The summed E-state index contributed by atoms with van der Waals surface area (Å²) >= 11 is 0. The van der Waals surface area contributed by atoms with Crippen molar-refractivity contribution in [2.75, 3.05) is 0 Å². The van der Waals surface area contributed by atoms with Gasteiger partial charge in [0.2, 0.25) is 11.4 Å². The molecule has 0 aliphatic rings. The third kappa shape index (κ3) is 5.40. The number of nitrogens with zero attached hydrogens (tertiary/aromatic N) is 4. The van der Waals surface area contributed by atoms with Crippen molar-refractivity contribution in [1.82, 2.24) is 0 Å². The molecule has 0 aromatic carbocycles. The van der Waals surface area contributed by atoms with Gasteiger partial charge in [-0.25, -0.2) is 18.3 Å².